The van der Waals surface area contributed by atoms with E-state index in [0.717, 1.165) is 36.4 Å². The molecule has 238 valence electrons. The second-order valence-corrected chi connectivity index (χ2v) is 9.12. The van der Waals surface area contributed by atoms with Gasteiger partial charge in [-0.05, 0) is 29.0 Å². The summed E-state index contributed by atoms with van der Waals surface area (Å²) in [4.78, 5) is 25.1. The number of halogens is 13. The van der Waals surface area contributed by atoms with E-state index in [1.54, 1.807) is 0 Å². The Morgan fingerprint density at radius 2 is 0.891 bits per heavy atom. The van der Waals surface area contributed by atoms with E-state index in [1.807, 2.05) is 0 Å². The average molecular weight is 666 g/mol. The Labute approximate surface area is 245 Å². The first kappa shape index (κ1) is 32.1. The lowest BCUT2D eigenvalue weighted by molar-refractivity contribution is -0.135. The molecule has 4 nitrogen and oxygen atoms in total. The first-order valence-corrected chi connectivity index (χ1v) is 12.0. The van der Waals surface area contributed by atoms with Crippen LogP contribution in [0.25, 0.3) is 21.5 Å². The Balaban J connectivity index is 1.69. The number of fused-ring (bicyclic) bond motifs is 2. The molecule has 0 aromatic heterocycles. The van der Waals surface area contributed by atoms with Gasteiger partial charge in [0.25, 0.3) is 0 Å². The van der Waals surface area contributed by atoms with Crippen molar-refractivity contribution in [1.29, 1.82) is 0 Å². The van der Waals surface area contributed by atoms with Crippen LogP contribution in [0.5, 0.6) is 11.5 Å². The topological polar surface area (TPSA) is 52.6 Å². The van der Waals surface area contributed by atoms with Crippen molar-refractivity contribution in [1.82, 2.24) is 0 Å². The molecule has 5 aromatic carbocycles. The minimum atomic E-state index is -5.41. The van der Waals surface area contributed by atoms with Gasteiger partial charge in [-0.15, -0.1) is 0 Å². The molecule has 0 bridgehead atoms. The van der Waals surface area contributed by atoms with E-state index in [-0.39, 0.29) is 0 Å². The summed E-state index contributed by atoms with van der Waals surface area (Å²) in [5.41, 5.74) is -5.87. The second-order valence-electron chi connectivity index (χ2n) is 9.12. The van der Waals surface area contributed by atoms with E-state index < -0.39 is 126 Å². The largest absolute Gasteiger partial charge is 0.422 e. The number of hydrogen-bond donors (Lipinski definition) is 0. The van der Waals surface area contributed by atoms with Gasteiger partial charge in [0, 0.05) is 10.8 Å². The molecule has 0 spiro atoms. The Hall–Kier alpha value is -5.35. The fourth-order valence-corrected chi connectivity index (χ4v) is 4.48. The number of ether oxygens (including phenoxy) is 2. The molecule has 0 radical (unpaired) electrons. The van der Waals surface area contributed by atoms with Crippen LogP contribution in [-0.4, -0.2) is 11.9 Å². The van der Waals surface area contributed by atoms with Crippen LogP contribution < -0.4 is 9.47 Å². The summed E-state index contributed by atoms with van der Waals surface area (Å²) >= 11 is 0. The van der Waals surface area contributed by atoms with Crippen molar-refractivity contribution in [2.75, 3.05) is 0 Å². The molecule has 0 aliphatic heterocycles. The zero-order chi connectivity index (χ0) is 34.0. The standard InChI is InChI=1S/C29H7F13O4/c30-17-14(18(31)22(35)25(38)21(17)34)27(43)45-11-5-2-4-9-10(11)7-8-3-1-6-12(13(8)16(9)29(40,41)42)46-28(44)15-19(32)23(36)26(39)24(37)20(15)33/h1-7H. The maximum atomic E-state index is 14.5. The number of esters is 2. The van der Waals surface area contributed by atoms with E-state index in [2.05, 4.69) is 4.74 Å². The highest BCUT2D eigenvalue weighted by molar-refractivity contribution is 6.09. The van der Waals surface area contributed by atoms with Crippen LogP contribution in [0, 0.1) is 58.2 Å². The quantitative estimate of drug-likeness (QED) is 0.0481. The predicted molar refractivity (Wildman–Crippen MR) is 129 cm³/mol. The molecule has 0 saturated heterocycles. The van der Waals surface area contributed by atoms with Crippen LogP contribution in [0.3, 0.4) is 0 Å². The lowest BCUT2D eigenvalue weighted by Gasteiger charge is -2.18. The molecule has 0 fully saturated rings. The average Bonchev–Trinajstić information content (AvgIpc) is 3.00. The van der Waals surface area contributed by atoms with Gasteiger partial charge in [0.2, 0.25) is 11.6 Å². The molecule has 46 heavy (non-hydrogen) atoms. The highest BCUT2D eigenvalue weighted by Crippen LogP contribution is 2.46. The van der Waals surface area contributed by atoms with E-state index >= 15 is 0 Å². The molecule has 0 saturated carbocycles. The second kappa shape index (κ2) is 11.2. The fraction of sp³-hybridized carbons (Fsp3) is 0.0345. The third-order valence-electron chi connectivity index (χ3n) is 6.46. The monoisotopic (exact) mass is 666 g/mol. The lowest BCUT2D eigenvalue weighted by Crippen LogP contribution is -2.18. The van der Waals surface area contributed by atoms with E-state index in [0.29, 0.717) is 6.07 Å². The number of benzene rings is 5. The predicted octanol–water partition coefficient (Wildman–Crippen LogP) is 8.84. The molecule has 0 unspecified atom stereocenters. The summed E-state index contributed by atoms with van der Waals surface area (Å²) in [5, 5.41) is -3.07. The molecular weight excluding hydrogens is 659 g/mol. The summed E-state index contributed by atoms with van der Waals surface area (Å²) in [6, 6.07) is 5.76. The summed E-state index contributed by atoms with van der Waals surface area (Å²) in [5.74, 6) is -32.3. The van der Waals surface area contributed by atoms with Crippen LogP contribution >= 0.6 is 0 Å². The minimum absolute atomic E-state index is 0.526. The van der Waals surface area contributed by atoms with Crippen LogP contribution in [0.4, 0.5) is 57.1 Å². The molecule has 17 heteroatoms. The Morgan fingerprint density at radius 1 is 0.500 bits per heavy atom. The van der Waals surface area contributed by atoms with Crippen molar-refractivity contribution >= 4 is 33.5 Å². The molecule has 0 heterocycles. The Bertz CT molecular complexity index is 2080. The van der Waals surface area contributed by atoms with Crippen molar-refractivity contribution in [3.8, 4) is 11.5 Å². The summed E-state index contributed by atoms with van der Waals surface area (Å²) in [6.45, 7) is 0. The van der Waals surface area contributed by atoms with E-state index in [1.165, 1.54) is 0 Å². The number of hydrogen-bond acceptors (Lipinski definition) is 4. The first-order chi connectivity index (χ1) is 21.5. The van der Waals surface area contributed by atoms with E-state index in [9.17, 15) is 66.7 Å². The molecule has 5 aromatic rings. The van der Waals surface area contributed by atoms with Gasteiger partial charge in [-0.1, -0.05) is 24.3 Å². The van der Waals surface area contributed by atoms with Gasteiger partial charge >= 0.3 is 18.1 Å². The minimum Gasteiger partial charge on any atom is -0.422 e. The Kier molecular flexibility index (Phi) is 7.82. The molecule has 0 aliphatic rings. The molecule has 5 rings (SSSR count). The van der Waals surface area contributed by atoms with Crippen molar-refractivity contribution < 1.29 is 76.1 Å². The maximum Gasteiger partial charge on any atom is 0.417 e. The summed E-state index contributed by atoms with van der Waals surface area (Å²) in [6.07, 6.45) is -5.41. The normalized spacial score (nSPS) is 11.8. The number of rotatable bonds is 4. The van der Waals surface area contributed by atoms with Gasteiger partial charge in [0.15, 0.2) is 46.5 Å². The fourth-order valence-electron chi connectivity index (χ4n) is 4.48. The van der Waals surface area contributed by atoms with Crippen LogP contribution in [-0.2, 0) is 6.18 Å². The van der Waals surface area contributed by atoms with Crippen molar-refractivity contribution in [2.45, 2.75) is 6.18 Å². The highest BCUT2D eigenvalue weighted by atomic mass is 19.4. The van der Waals surface area contributed by atoms with Gasteiger partial charge in [0.1, 0.15) is 22.6 Å². The van der Waals surface area contributed by atoms with Crippen LogP contribution in [0.2, 0.25) is 0 Å². The summed E-state index contributed by atoms with van der Waals surface area (Å²) in [7, 11) is 0. The zero-order valence-electron chi connectivity index (χ0n) is 21.6. The van der Waals surface area contributed by atoms with Crippen LogP contribution in [0.1, 0.15) is 26.3 Å². The smallest absolute Gasteiger partial charge is 0.417 e. The van der Waals surface area contributed by atoms with Gasteiger partial charge in [-0.3, -0.25) is 0 Å². The number of carbonyl (C=O) groups is 2. The molecule has 0 N–H and O–H groups in total. The van der Waals surface area contributed by atoms with Gasteiger partial charge < -0.3 is 9.47 Å². The van der Waals surface area contributed by atoms with Crippen LogP contribution in [0.15, 0.2) is 42.5 Å². The first-order valence-electron chi connectivity index (χ1n) is 12.0. The highest BCUT2D eigenvalue weighted by Gasteiger charge is 2.38. The lowest BCUT2D eigenvalue weighted by atomic mass is 9.95. The molecule has 0 amide bonds. The van der Waals surface area contributed by atoms with Crippen molar-refractivity contribution in [2.24, 2.45) is 0 Å². The SMILES string of the molecule is O=C(Oc1cccc2c(C(F)(F)F)c3c(OC(=O)c4c(F)c(F)c(F)c(F)c4F)cccc3cc12)c1c(F)c(F)c(F)c(F)c1F. The maximum absolute atomic E-state index is 14.5. The van der Waals surface area contributed by atoms with Gasteiger partial charge in [-0.2, -0.15) is 13.2 Å². The molecular formula is C29H7F13O4. The van der Waals surface area contributed by atoms with E-state index in [4.69, 9.17) is 4.74 Å². The number of alkyl halides is 3. The van der Waals surface area contributed by atoms with Crippen molar-refractivity contribution in [3.63, 3.8) is 0 Å². The molecule has 0 aliphatic carbocycles. The molecule has 0 atom stereocenters. The van der Waals surface area contributed by atoms with Gasteiger partial charge in [-0.25, -0.2) is 53.5 Å². The van der Waals surface area contributed by atoms with Crippen molar-refractivity contribution in [3.05, 3.63) is 117 Å². The summed E-state index contributed by atoms with van der Waals surface area (Å²) < 4.78 is 191. The third kappa shape index (κ3) is 5.00. The zero-order valence-corrected chi connectivity index (χ0v) is 21.6. The van der Waals surface area contributed by atoms with Gasteiger partial charge in [0.05, 0.1) is 5.56 Å². The Morgan fingerprint density at radius 3 is 1.35 bits per heavy atom. The third-order valence-corrected chi connectivity index (χ3v) is 6.46. The number of carbonyl (C=O) groups excluding carboxylic acids is 2.